The number of methoxy groups -OCH3 is 1. The maximum atomic E-state index is 14.2. The Morgan fingerprint density at radius 2 is 2.03 bits per heavy atom. The quantitative estimate of drug-likeness (QED) is 0.568. The van der Waals surface area contributed by atoms with Gasteiger partial charge in [-0.05, 0) is 49.4 Å². The number of carboxylic acid groups (broad SMARTS) is 1. The van der Waals surface area contributed by atoms with E-state index >= 15 is 0 Å². The zero-order valence-electron chi connectivity index (χ0n) is 18.4. The van der Waals surface area contributed by atoms with Crippen molar-refractivity contribution in [2.75, 3.05) is 7.11 Å². The van der Waals surface area contributed by atoms with Crippen LogP contribution >= 0.6 is 0 Å². The molecule has 0 saturated carbocycles. The van der Waals surface area contributed by atoms with Gasteiger partial charge in [0.1, 0.15) is 17.7 Å². The van der Waals surface area contributed by atoms with Gasteiger partial charge >= 0.3 is 5.97 Å². The van der Waals surface area contributed by atoms with E-state index in [-0.39, 0.29) is 6.10 Å². The average Bonchev–Trinajstić information content (AvgIpc) is 3.05. The number of carbonyl (C=O) groups is 1. The second-order valence-corrected chi connectivity index (χ2v) is 8.12. The number of pyridine rings is 2. The molecule has 3 aromatic rings. The van der Waals surface area contributed by atoms with Crippen molar-refractivity contribution in [2.45, 2.75) is 38.4 Å². The third kappa shape index (κ3) is 4.80. The summed E-state index contributed by atoms with van der Waals surface area (Å²) in [4.78, 5) is 19.6. The molecule has 1 aliphatic rings. The lowest BCUT2D eigenvalue weighted by Gasteiger charge is -2.20. The molecule has 0 fully saturated rings. The van der Waals surface area contributed by atoms with Crippen molar-refractivity contribution >= 4 is 5.97 Å². The maximum absolute atomic E-state index is 14.2. The Kier molecular flexibility index (Phi) is 6.55. The molecule has 7 nitrogen and oxygen atoms in total. The van der Waals surface area contributed by atoms with Crippen LogP contribution < -0.4 is 9.47 Å². The van der Waals surface area contributed by atoms with Gasteiger partial charge in [-0.3, -0.25) is 9.78 Å². The number of hydrogen-bond donors (Lipinski definition) is 2. The van der Waals surface area contributed by atoms with Crippen molar-refractivity contribution in [3.8, 4) is 22.8 Å². The highest BCUT2D eigenvalue weighted by molar-refractivity contribution is 5.70. The number of aliphatic carboxylic acids is 1. The molecule has 0 bridgehead atoms. The first kappa shape index (κ1) is 22.7. The summed E-state index contributed by atoms with van der Waals surface area (Å²) in [7, 11) is 1.47. The highest BCUT2D eigenvalue weighted by Gasteiger charge is 2.26. The van der Waals surface area contributed by atoms with Gasteiger partial charge in [-0.15, -0.1) is 0 Å². The zero-order chi connectivity index (χ0) is 23.5. The second-order valence-electron chi connectivity index (χ2n) is 8.12. The normalized spacial score (nSPS) is 17.3. The largest absolute Gasteiger partial charge is 0.484 e. The molecule has 0 amide bonds. The van der Waals surface area contributed by atoms with Crippen LogP contribution in [-0.2, 0) is 11.2 Å². The van der Waals surface area contributed by atoms with Crippen LogP contribution in [-0.4, -0.2) is 33.3 Å². The number of nitrogens with zero attached hydrogens (tertiary/aromatic N) is 2. The first-order valence-electron chi connectivity index (χ1n) is 10.7. The lowest BCUT2D eigenvalue weighted by atomic mass is 9.95. The second kappa shape index (κ2) is 9.54. The summed E-state index contributed by atoms with van der Waals surface area (Å²) in [6.07, 6.45) is 3.68. The van der Waals surface area contributed by atoms with Gasteiger partial charge in [-0.25, -0.2) is 9.37 Å². The van der Waals surface area contributed by atoms with E-state index in [0.717, 1.165) is 31.0 Å². The number of fused-ring (bicyclic) bond motifs is 1. The molecule has 0 radical (unpaired) electrons. The molecule has 3 heterocycles. The Morgan fingerprint density at radius 3 is 2.73 bits per heavy atom. The summed E-state index contributed by atoms with van der Waals surface area (Å²) in [6, 6.07) is 10.4. The first-order valence-corrected chi connectivity index (χ1v) is 10.7. The Labute approximate surface area is 190 Å². The van der Waals surface area contributed by atoms with Gasteiger partial charge in [0.25, 0.3) is 0 Å². The van der Waals surface area contributed by atoms with Crippen molar-refractivity contribution in [1.29, 1.82) is 0 Å². The fourth-order valence-corrected chi connectivity index (χ4v) is 3.90. The lowest BCUT2D eigenvalue weighted by molar-refractivity contribution is -0.145. The number of ether oxygens (including phenoxy) is 2. The topological polar surface area (TPSA) is 102 Å². The summed E-state index contributed by atoms with van der Waals surface area (Å²) in [5.41, 5.74) is 3.14. The van der Waals surface area contributed by atoms with Crippen LogP contribution in [0.25, 0.3) is 11.1 Å². The molecule has 2 N–H and O–H groups in total. The number of rotatable bonds is 6. The molecule has 8 heteroatoms. The molecule has 0 aliphatic carbocycles. The predicted octanol–water partition coefficient (Wildman–Crippen LogP) is 4.50. The molecular weight excluding hydrogens is 427 g/mol. The highest BCUT2D eigenvalue weighted by Crippen LogP contribution is 2.36. The Morgan fingerprint density at radius 1 is 1.21 bits per heavy atom. The van der Waals surface area contributed by atoms with Crippen molar-refractivity contribution in [2.24, 2.45) is 5.92 Å². The molecule has 4 rings (SSSR count). The standard InChI is InChI=1S/C25H25FN2O5/c1-14(25(30)31)24(29)16-7-6-15-4-3-5-21(33-22(15)10-16)20-9-8-17(12-27-20)18-11-23(32-2)28-13-19(18)26/h6-14,21,24,29H,3-5H2,1-2H3,(H,30,31)/t14-,21?,24+/m0/s1. The Hall–Kier alpha value is -3.52. The molecule has 1 aromatic carbocycles. The van der Waals surface area contributed by atoms with Gasteiger partial charge in [0.2, 0.25) is 5.88 Å². The lowest BCUT2D eigenvalue weighted by Crippen LogP contribution is -2.18. The number of halogens is 1. The molecular formula is C25H25FN2O5. The van der Waals surface area contributed by atoms with Gasteiger partial charge in [0.05, 0.1) is 31.0 Å². The minimum atomic E-state index is -1.14. The van der Waals surface area contributed by atoms with Gasteiger partial charge in [0, 0.05) is 23.4 Å². The van der Waals surface area contributed by atoms with Gasteiger partial charge in [0.15, 0.2) is 0 Å². The van der Waals surface area contributed by atoms with Crippen LogP contribution in [0.5, 0.6) is 11.6 Å². The number of aromatic nitrogens is 2. The smallest absolute Gasteiger partial charge is 0.309 e. The number of aliphatic hydroxyl groups is 1. The predicted molar refractivity (Wildman–Crippen MR) is 118 cm³/mol. The van der Waals surface area contributed by atoms with Crippen LogP contribution in [0.1, 0.15) is 48.8 Å². The van der Waals surface area contributed by atoms with Crippen molar-refractivity contribution in [3.05, 3.63) is 71.4 Å². The van der Waals surface area contributed by atoms with Crippen LogP contribution in [0.4, 0.5) is 4.39 Å². The molecule has 1 aliphatic heterocycles. The number of aliphatic hydroxyl groups excluding tert-OH is 1. The monoisotopic (exact) mass is 452 g/mol. The zero-order valence-corrected chi connectivity index (χ0v) is 18.4. The number of hydrogen-bond acceptors (Lipinski definition) is 6. The number of aryl methyl sites for hydroxylation is 1. The minimum absolute atomic E-state index is 0.314. The Balaban J connectivity index is 1.58. The van der Waals surface area contributed by atoms with E-state index < -0.39 is 23.8 Å². The average molecular weight is 452 g/mol. The first-order chi connectivity index (χ1) is 15.9. The van der Waals surface area contributed by atoms with E-state index in [0.29, 0.717) is 34.0 Å². The van der Waals surface area contributed by atoms with E-state index in [1.54, 1.807) is 24.4 Å². The fraction of sp³-hybridized carbons (Fsp3) is 0.320. The van der Waals surface area contributed by atoms with Gasteiger partial charge < -0.3 is 19.7 Å². The van der Waals surface area contributed by atoms with E-state index in [2.05, 4.69) is 9.97 Å². The third-order valence-electron chi connectivity index (χ3n) is 5.94. The van der Waals surface area contributed by atoms with E-state index in [1.165, 1.54) is 20.1 Å². The summed E-state index contributed by atoms with van der Waals surface area (Å²) in [5, 5.41) is 19.6. The summed E-state index contributed by atoms with van der Waals surface area (Å²) in [5.74, 6) is -1.54. The molecule has 33 heavy (non-hydrogen) atoms. The van der Waals surface area contributed by atoms with Crippen LogP contribution in [0, 0.1) is 11.7 Å². The molecule has 172 valence electrons. The summed E-state index contributed by atoms with van der Waals surface area (Å²) >= 11 is 0. The minimum Gasteiger partial charge on any atom is -0.484 e. The SMILES string of the molecule is COc1cc(-c2ccc(C3CCCc4ccc([C@H](O)[C@H](C)C(=O)O)cc4O3)nc2)c(F)cn1. The highest BCUT2D eigenvalue weighted by atomic mass is 19.1. The van der Waals surface area contributed by atoms with Crippen molar-refractivity contribution < 1.29 is 28.9 Å². The van der Waals surface area contributed by atoms with E-state index in [1.807, 2.05) is 12.1 Å². The molecule has 0 spiro atoms. The van der Waals surface area contributed by atoms with Gasteiger partial charge in [-0.1, -0.05) is 18.2 Å². The summed E-state index contributed by atoms with van der Waals surface area (Å²) in [6.45, 7) is 1.47. The Bertz CT molecular complexity index is 1150. The van der Waals surface area contributed by atoms with Crippen LogP contribution in [0.15, 0.2) is 48.8 Å². The van der Waals surface area contributed by atoms with E-state index in [4.69, 9.17) is 9.47 Å². The van der Waals surface area contributed by atoms with Crippen LogP contribution in [0.3, 0.4) is 0 Å². The summed E-state index contributed by atoms with van der Waals surface area (Å²) < 4.78 is 25.6. The molecule has 1 unspecified atom stereocenters. The molecule has 0 saturated heterocycles. The van der Waals surface area contributed by atoms with Crippen LogP contribution in [0.2, 0.25) is 0 Å². The number of carboxylic acids is 1. The third-order valence-corrected chi connectivity index (χ3v) is 5.94. The molecule has 2 aromatic heterocycles. The maximum Gasteiger partial charge on any atom is 0.309 e. The van der Waals surface area contributed by atoms with E-state index in [9.17, 15) is 19.4 Å². The van der Waals surface area contributed by atoms with Gasteiger partial charge in [-0.2, -0.15) is 0 Å². The fourth-order valence-electron chi connectivity index (χ4n) is 3.90. The molecule has 3 atom stereocenters. The van der Waals surface area contributed by atoms with Crippen molar-refractivity contribution in [3.63, 3.8) is 0 Å². The number of benzene rings is 1. The van der Waals surface area contributed by atoms with Crippen molar-refractivity contribution in [1.82, 2.24) is 9.97 Å².